The van der Waals surface area contributed by atoms with Crippen LogP contribution in [0, 0.1) is 0 Å². The molecule has 0 fully saturated rings. The van der Waals surface area contributed by atoms with Crippen LogP contribution in [0.25, 0.3) is 0 Å². The minimum absolute atomic E-state index is 0.0931. The van der Waals surface area contributed by atoms with Crippen molar-refractivity contribution in [2.45, 2.75) is 13.0 Å². The van der Waals surface area contributed by atoms with E-state index in [0.29, 0.717) is 18.8 Å². The third-order valence-corrected chi connectivity index (χ3v) is 2.14. The van der Waals surface area contributed by atoms with Crippen LogP contribution < -0.4 is 16.4 Å². The van der Waals surface area contributed by atoms with Gasteiger partial charge in [-0.25, -0.2) is 0 Å². The molecule has 1 aromatic rings. The smallest absolute Gasteiger partial charge is 0.242 e. The van der Waals surface area contributed by atoms with Crippen LogP contribution in [0.15, 0.2) is 18.5 Å². The van der Waals surface area contributed by atoms with Crippen LogP contribution in [0.1, 0.15) is 6.92 Å². The number of hydrogen-bond donors (Lipinski definition) is 3. The summed E-state index contributed by atoms with van der Waals surface area (Å²) in [6.07, 6.45) is 3.17. The van der Waals surface area contributed by atoms with Gasteiger partial charge in [0.25, 0.3) is 0 Å². The first-order chi connectivity index (χ1) is 8.13. The Labute approximate surface area is 101 Å². The number of rotatable bonds is 6. The first-order valence-electron chi connectivity index (χ1n) is 5.37. The molecule has 1 aromatic heterocycles. The lowest BCUT2D eigenvalue weighted by atomic mass is 10.3. The second kappa shape index (κ2) is 6.70. The van der Waals surface area contributed by atoms with Crippen LogP contribution in [-0.4, -0.2) is 37.2 Å². The Morgan fingerprint density at radius 1 is 1.59 bits per heavy atom. The molecule has 17 heavy (non-hydrogen) atoms. The van der Waals surface area contributed by atoms with Gasteiger partial charge in [-0.1, -0.05) is 0 Å². The Balaban J connectivity index is 2.43. The molecule has 6 heteroatoms. The van der Waals surface area contributed by atoms with E-state index in [4.69, 9.17) is 10.5 Å². The number of ether oxygens (including phenoxy) is 1. The molecule has 0 saturated carbocycles. The Hall–Kier alpha value is -1.82. The number of pyridine rings is 1. The highest BCUT2D eigenvalue weighted by Gasteiger charge is 2.11. The monoisotopic (exact) mass is 238 g/mol. The van der Waals surface area contributed by atoms with Gasteiger partial charge in [-0.2, -0.15) is 0 Å². The molecule has 1 unspecified atom stereocenters. The highest BCUT2D eigenvalue weighted by Crippen LogP contribution is 2.10. The third kappa shape index (κ3) is 4.69. The van der Waals surface area contributed by atoms with Gasteiger partial charge in [0.2, 0.25) is 5.91 Å². The number of nitrogens with one attached hydrogen (secondary N) is 2. The van der Waals surface area contributed by atoms with Gasteiger partial charge in [-0.05, 0) is 13.0 Å². The number of aromatic nitrogens is 1. The van der Waals surface area contributed by atoms with Crippen molar-refractivity contribution in [1.82, 2.24) is 10.3 Å². The molecule has 0 spiro atoms. The zero-order chi connectivity index (χ0) is 12.7. The molecule has 1 heterocycles. The predicted molar refractivity (Wildman–Crippen MR) is 66.6 cm³/mol. The summed E-state index contributed by atoms with van der Waals surface area (Å²) in [5.41, 5.74) is 6.87. The second-order valence-corrected chi connectivity index (χ2v) is 3.66. The number of hydrogen-bond acceptors (Lipinski definition) is 5. The fourth-order valence-corrected chi connectivity index (χ4v) is 1.28. The minimum Gasteiger partial charge on any atom is -0.397 e. The van der Waals surface area contributed by atoms with E-state index in [0.717, 1.165) is 5.69 Å². The molecule has 0 aliphatic carbocycles. The SMILES string of the molecule is COCCNC(=O)C(C)Nc1cncc(N)c1. The van der Waals surface area contributed by atoms with E-state index in [1.165, 1.54) is 0 Å². The number of carbonyl (C=O) groups is 1. The maximum absolute atomic E-state index is 11.6. The van der Waals surface area contributed by atoms with E-state index in [2.05, 4.69) is 15.6 Å². The molecule has 1 rings (SSSR count). The number of amides is 1. The molecular formula is C11H18N4O2. The first kappa shape index (κ1) is 13.2. The number of nitrogens with zero attached hydrogens (tertiary/aromatic N) is 1. The largest absolute Gasteiger partial charge is 0.397 e. The van der Waals surface area contributed by atoms with Crippen molar-refractivity contribution in [2.75, 3.05) is 31.3 Å². The summed E-state index contributed by atoms with van der Waals surface area (Å²) in [5.74, 6) is -0.0931. The summed E-state index contributed by atoms with van der Waals surface area (Å²) >= 11 is 0. The molecule has 0 radical (unpaired) electrons. The Bertz CT molecular complexity index is 370. The van der Waals surface area contributed by atoms with Gasteiger partial charge >= 0.3 is 0 Å². The Kier molecular flexibility index (Phi) is 5.22. The van der Waals surface area contributed by atoms with E-state index >= 15 is 0 Å². The van der Waals surface area contributed by atoms with Gasteiger partial charge in [0.15, 0.2) is 0 Å². The van der Waals surface area contributed by atoms with Crippen LogP contribution in [0.2, 0.25) is 0 Å². The van der Waals surface area contributed by atoms with Crippen molar-refractivity contribution < 1.29 is 9.53 Å². The summed E-state index contributed by atoms with van der Waals surface area (Å²) in [7, 11) is 1.59. The van der Waals surface area contributed by atoms with Gasteiger partial charge in [0.1, 0.15) is 6.04 Å². The van der Waals surface area contributed by atoms with Crippen LogP contribution in [0.3, 0.4) is 0 Å². The summed E-state index contributed by atoms with van der Waals surface area (Å²) in [6, 6.07) is 1.38. The molecule has 1 atom stereocenters. The standard InChI is InChI=1S/C11H18N4O2/c1-8(11(16)14-3-4-17-2)15-10-5-9(12)6-13-7-10/h5-8,15H,3-4,12H2,1-2H3,(H,14,16). The molecule has 1 amide bonds. The third-order valence-electron chi connectivity index (χ3n) is 2.14. The topological polar surface area (TPSA) is 89.3 Å². The zero-order valence-corrected chi connectivity index (χ0v) is 10.1. The van der Waals surface area contributed by atoms with Crippen molar-refractivity contribution >= 4 is 17.3 Å². The van der Waals surface area contributed by atoms with Crippen LogP contribution in [0.4, 0.5) is 11.4 Å². The summed E-state index contributed by atoms with van der Waals surface area (Å²) < 4.78 is 4.84. The average Bonchev–Trinajstić information content (AvgIpc) is 2.29. The fourth-order valence-electron chi connectivity index (χ4n) is 1.28. The van der Waals surface area contributed by atoms with Gasteiger partial charge in [-0.3, -0.25) is 9.78 Å². The van der Waals surface area contributed by atoms with Crippen molar-refractivity contribution in [1.29, 1.82) is 0 Å². The summed E-state index contributed by atoms with van der Waals surface area (Å²) in [6.45, 7) is 2.76. The van der Waals surface area contributed by atoms with E-state index in [1.807, 2.05) is 0 Å². The minimum atomic E-state index is -0.351. The van der Waals surface area contributed by atoms with E-state index in [9.17, 15) is 4.79 Å². The Morgan fingerprint density at radius 3 is 3.00 bits per heavy atom. The van der Waals surface area contributed by atoms with Crippen LogP contribution >= 0.6 is 0 Å². The normalized spacial score (nSPS) is 11.9. The molecule has 0 bridgehead atoms. The highest BCUT2D eigenvalue weighted by molar-refractivity contribution is 5.84. The second-order valence-electron chi connectivity index (χ2n) is 3.66. The van der Waals surface area contributed by atoms with Crippen molar-refractivity contribution in [3.8, 4) is 0 Å². The zero-order valence-electron chi connectivity index (χ0n) is 10.1. The predicted octanol–water partition coefficient (Wildman–Crippen LogP) is 0.227. The molecule has 94 valence electrons. The summed E-state index contributed by atoms with van der Waals surface area (Å²) in [4.78, 5) is 15.6. The average molecular weight is 238 g/mol. The number of carbonyl (C=O) groups excluding carboxylic acids is 1. The van der Waals surface area contributed by atoms with E-state index in [-0.39, 0.29) is 11.9 Å². The maximum atomic E-state index is 11.6. The molecule has 0 aromatic carbocycles. The van der Waals surface area contributed by atoms with Gasteiger partial charge in [-0.15, -0.1) is 0 Å². The van der Waals surface area contributed by atoms with Gasteiger partial charge in [0, 0.05) is 19.9 Å². The van der Waals surface area contributed by atoms with E-state index in [1.54, 1.807) is 32.5 Å². The van der Waals surface area contributed by atoms with Crippen molar-refractivity contribution in [3.63, 3.8) is 0 Å². The molecule has 4 N–H and O–H groups in total. The van der Waals surface area contributed by atoms with Gasteiger partial charge < -0.3 is 21.1 Å². The number of methoxy groups -OCH3 is 1. The quantitative estimate of drug-likeness (QED) is 0.617. The van der Waals surface area contributed by atoms with Gasteiger partial charge in [0.05, 0.1) is 24.2 Å². The van der Waals surface area contributed by atoms with Crippen molar-refractivity contribution in [2.24, 2.45) is 0 Å². The number of anilines is 2. The number of nitrogens with two attached hydrogens (primary N) is 1. The highest BCUT2D eigenvalue weighted by atomic mass is 16.5. The first-order valence-corrected chi connectivity index (χ1v) is 5.37. The number of nitrogen functional groups attached to an aromatic ring is 1. The van der Waals surface area contributed by atoms with Crippen molar-refractivity contribution in [3.05, 3.63) is 18.5 Å². The fraction of sp³-hybridized carbons (Fsp3) is 0.455. The molecule has 6 nitrogen and oxygen atoms in total. The molecule has 0 aliphatic rings. The lowest BCUT2D eigenvalue weighted by Crippen LogP contribution is -2.39. The molecular weight excluding hydrogens is 220 g/mol. The molecule has 0 aliphatic heterocycles. The maximum Gasteiger partial charge on any atom is 0.242 e. The lowest BCUT2D eigenvalue weighted by Gasteiger charge is -2.15. The molecule has 0 saturated heterocycles. The van der Waals surface area contributed by atoms with Crippen LogP contribution in [0.5, 0.6) is 0 Å². The van der Waals surface area contributed by atoms with Crippen LogP contribution in [-0.2, 0) is 9.53 Å². The summed E-state index contributed by atoms with van der Waals surface area (Å²) in [5, 5.41) is 5.75. The lowest BCUT2D eigenvalue weighted by molar-refractivity contribution is -0.121. The van der Waals surface area contributed by atoms with E-state index < -0.39 is 0 Å². The Morgan fingerprint density at radius 2 is 2.35 bits per heavy atom.